The molecule has 6 aromatic rings. The van der Waals surface area contributed by atoms with Crippen LogP contribution in [0.1, 0.15) is 103 Å². The van der Waals surface area contributed by atoms with E-state index in [1.54, 1.807) is 6.92 Å². The predicted octanol–water partition coefficient (Wildman–Crippen LogP) is 10.4. The van der Waals surface area contributed by atoms with Crippen molar-refractivity contribution in [1.82, 2.24) is 0 Å². The predicted molar refractivity (Wildman–Crippen MR) is 200 cm³/mol. The van der Waals surface area contributed by atoms with Crippen LogP contribution in [0.5, 0.6) is 0 Å². The number of hydrogen-bond acceptors (Lipinski definition) is 4. The summed E-state index contributed by atoms with van der Waals surface area (Å²) in [5, 5.41) is 8.05. The second-order valence-corrected chi connectivity index (χ2v) is 13.7. The molecule has 0 aromatic heterocycles. The number of amides is 2. The van der Waals surface area contributed by atoms with E-state index in [4.69, 9.17) is 4.74 Å². The van der Waals surface area contributed by atoms with Gasteiger partial charge in [-0.25, -0.2) is 9.69 Å². The largest absolute Gasteiger partial charge is 0.462 e. The maximum Gasteiger partial charge on any atom is 0.333 e. The van der Waals surface area contributed by atoms with E-state index in [0.717, 1.165) is 78.3 Å². The number of carbonyl (C=O) groups is 3. The Kier molecular flexibility index (Phi) is 8.20. The summed E-state index contributed by atoms with van der Waals surface area (Å²) in [6, 6.07) is 24.5. The number of anilines is 1. The monoisotopic (exact) mass is 645 g/mol. The topological polar surface area (TPSA) is 63.7 Å². The highest BCUT2D eigenvalue weighted by Crippen LogP contribution is 2.46. The number of fused-ring (bicyclic) bond motifs is 2. The number of imide groups is 1. The average Bonchev–Trinajstić information content (AvgIpc) is 3.09. The minimum absolute atomic E-state index is 0.135. The van der Waals surface area contributed by atoms with Crippen LogP contribution in [0.2, 0.25) is 0 Å². The molecule has 49 heavy (non-hydrogen) atoms. The van der Waals surface area contributed by atoms with E-state index >= 15 is 0 Å². The number of benzene rings is 6. The zero-order valence-electron chi connectivity index (χ0n) is 28.7. The Morgan fingerprint density at radius 2 is 1.27 bits per heavy atom. The molecule has 0 radical (unpaired) electrons. The number of rotatable bonds is 8. The van der Waals surface area contributed by atoms with E-state index in [2.05, 4.69) is 76.4 Å². The lowest BCUT2D eigenvalue weighted by Crippen LogP contribution is -2.41. The molecule has 0 N–H and O–H groups in total. The van der Waals surface area contributed by atoms with E-state index in [-0.39, 0.29) is 29.6 Å². The van der Waals surface area contributed by atoms with Gasteiger partial charge in [0.1, 0.15) is 0 Å². The molecule has 5 heteroatoms. The van der Waals surface area contributed by atoms with Crippen LogP contribution in [0.15, 0.2) is 84.9 Å². The molecule has 1 aliphatic rings. The zero-order chi connectivity index (χ0) is 34.6. The van der Waals surface area contributed by atoms with Gasteiger partial charge < -0.3 is 4.74 Å². The lowest BCUT2D eigenvalue weighted by Gasteiger charge is -2.32. The van der Waals surface area contributed by atoms with Crippen molar-refractivity contribution in [3.63, 3.8) is 0 Å². The lowest BCUT2D eigenvalue weighted by molar-refractivity contribution is -0.139. The summed E-state index contributed by atoms with van der Waals surface area (Å²) in [6.07, 6.45) is 2.27. The third-order valence-corrected chi connectivity index (χ3v) is 9.72. The molecular weight excluding hydrogens is 606 g/mol. The van der Waals surface area contributed by atoms with Crippen LogP contribution in [0.4, 0.5) is 5.69 Å². The van der Waals surface area contributed by atoms with Crippen LogP contribution in [-0.2, 0) is 9.53 Å². The zero-order valence-corrected chi connectivity index (χ0v) is 28.7. The molecule has 0 fully saturated rings. The summed E-state index contributed by atoms with van der Waals surface area (Å²) < 4.78 is 5.19. The summed E-state index contributed by atoms with van der Waals surface area (Å²) in [4.78, 5) is 42.0. The van der Waals surface area contributed by atoms with Crippen molar-refractivity contribution in [2.24, 2.45) is 0 Å². The van der Waals surface area contributed by atoms with Crippen molar-refractivity contribution in [2.45, 2.75) is 65.7 Å². The van der Waals surface area contributed by atoms with Crippen molar-refractivity contribution in [3.05, 3.63) is 113 Å². The van der Waals surface area contributed by atoms with E-state index < -0.39 is 0 Å². The van der Waals surface area contributed by atoms with Gasteiger partial charge in [-0.3, -0.25) is 9.59 Å². The minimum atomic E-state index is -0.357. The smallest absolute Gasteiger partial charge is 0.333 e. The van der Waals surface area contributed by atoms with Gasteiger partial charge in [-0.2, -0.15) is 0 Å². The number of carbonyl (C=O) groups excluding carboxylic acids is 3. The van der Waals surface area contributed by atoms with Gasteiger partial charge in [0.25, 0.3) is 11.8 Å². The first-order valence-electron chi connectivity index (χ1n) is 17.1. The highest BCUT2D eigenvalue weighted by atomic mass is 16.5. The Morgan fingerprint density at radius 3 is 1.88 bits per heavy atom. The first-order chi connectivity index (χ1) is 23.6. The molecule has 1 heterocycles. The maximum absolute atomic E-state index is 14.5. The average molecular weight is 646 g/mol. The number of nitrogens with zero attached hydrogens (tertiary/aromatic N) is 1. The Bertz CT molecular complexity index is 2320. The lowest BCUT2D eigenvalue weighted by atomic mass is 9.83. The molecule has 7 rings (SSSR count). The van der Waals surface area contributed by atoms with Gasteiger partial charge >= 0.3 is 5.97 Å². The Balaban J connectivity index is 1.32. The molecule has 1 aliphatic heterocycles. The fourth-order valence-electron chi connectivity index (χ4n) is 7.33. The fraction of sp³-hybridized carbons (Fsp3) is 0.250. The molecule has 0 spiro atoms. The summed E-state index contributed by atoms with van der Waals surface area (Å²) in [7, 11) is 0. The van der Waals surface area contributed by atoms with E-state index in [9.17, 15) is 14.4 Å². The highest BCUT2D eigenvalue weighted by Gasteiger charge is 2.38. The molecule has 0 unspecified atom stereocenters. The third kappa shape index (κ3) is 5.23. The molecule has 0 bridgehead atoms. The second-order valence-electron chi connectivity index (χ2n) is 13.7. The first-order valence-corrected chi connectivity index (χ1v) is 17.1. The number of unbranched alkanes of at least 4 members (excludes halogenated alkanes) is 2. The van der Waals surface area contributed by atoms with Gasteiger partial charge in [0.15, 0.2) is 0 Å². The van der Waals surface area contributed by atoms with Gasteiger partial charge in [0.2, 0.25) is 0 Å². The molecule has 6 aromatic carbocycles. The molecule has 0 saturated heterocycles. The molecule has 5 nitrogen and oxygen atoms in total. The van der Waals surface area contributed by atoms with Crippen molar-refractivity contribution < 1.29 is 19.1 Å². The molecule has 2 amide bonds. The van der Waals surface area contributed by atoms with E-state index in [1.807, 2.05) is 42.5 Å². The molecule has 244 valence electrons. The van der Waals surface area contributed by atoms with Crippen LogP contribution in [-0.4, -0.2) is 24.4 Å². The van der Waals surface area contributed by atoms with Gasteiger partial charge in [-0.1, -0.05) is 101 Å². The Hall–Kier alpha value is -5.47. The van der Waals surface area contributed by atoms with Crippen molar-refractivity contribution >= 4 is 66.6 Å². The Morgan fingerprint density at radius 1 is 0.714 bits per heavy atom. The summed E-state index contributed by atoms with van der Waals surface area (Å²) >= 11 is 0. The quantitative estimate of drug-likeness (QED) is 0.0314. The molecular formula is C44H39NO4. The Labute approximate surface area is 286 Å². The van der Waals surface area contributed by atoms with Crippen molar-refractivity contribution in [2.75, 3.05) is 11.5 Å². The van der Waals surface area contributed by atoms with Gasteiger partial charge in [0.05, 0.1) is 12.3 Å². The number of para-hydroxylation sites is 1. The van der Waals surface area contributed by atoms with Gasteiger partial charge in [0, 0.05) is 34.1 Å². The standard InChI is InChI=1S/C44H39NO4/c1-25(2)29-14-11-15-30(26(3)4)41(29)45-42(46)36-22-20-34-32-17-12-16-31-28(13-9-7-8-10-24-49-44(48)27(5)6)18-19-33(38(31)32)35-21-23-37(43(45)47)40(36)39(34)35/h11-12,14-23,25-26H,5,7-8,10,24H2,1-4,6H3. The third-order valence-electron chi connectivity index (χ3n) is 9.72. The molecule has 0 saturated carbocycles. The number of esters is 1. The van der Waals surface area contributed by atoms with Crippen LogP contribution < -0.4 is 4.90 Å². The van der Waals surface area contributed by atoms with Gasteiger partial charge in [-0.15, -0.1) is 0 Å². The van der Waals surface area contributed by atoms with Crippen LogP contribution in [0, 0.1) is 11.8 Å². The molecule has 0 aliphatic carbocycles. The maximum atomic E-state index is 14.5. The minimum Gasteiger partial charge on any atom is -0.462 e. The van der Waals surface area contributed by atoms with E-state index in [0.29, 0.717) is 29.7 Å². The highest BCUT2D eigenvalue weighted by molar-refractivity contribution is 6.42. The van der Waals surface area contributed by atoms with E-state index in [1.165, 1.54) is 4.90 Å². The van der Waals surface area contributed by atoms with Crippen LogP contribution >= 0.6 is 0 Å². The fourth-order valence-corrected chi connectivity index (χ4v) is 7.33. The SMILES string of the molecule is C=C(C)C(=O)OCCCCC#Cc1ccc2c3ccc4c5c(ccc(c6cccc1c62)c53)C(=O)N(c1c(C(C)C)cccc1C(C)C)C4=O. The van der Waals surface area contributed by atoms with Crippen LogP contribution in [0.3, 0.4) is 0 Å². The summed E-state index contributed by atoms with van der Waals surface area (Å²) in [5.41, 5.74) is 5.16. The van der Waals surface area contributed by atoms with Crippen LogP contribution in [0.25, 0.3) is 43.1 Å². The summed E-state index contributed by atoms with van der Waals surface area (Å²) in [6.45, 7) is 14.0. The number of ether oxygens (including phenoxy) is 1. The van der Waals surface area contributed by atoms with Crippen molar-refractivity contribution in [1.29, 1.82) is 0 Å². The first kappa shape index (κ1) is 32.1. The van der Waals surface area contributed by atoms with Crippen molar-refractivity contribution in [3.8, 4) is 11.8 Å². The molecule has 0 atom stereocenters. The normalized spacial score (nSPS) is 12.9. The van der Waals surface area contributed by atoms with Gasteiger partial charge in [-0.05, 0) is 98.6 Å². The second kappa shape index (κ2) is 12.5. The number of hydrogen-bond donors (Lipinski definition) is 0. The summed E-state index contributed by atoms with van der Waals surface area (Å²) in [5.74, 6) is 6.05.